The van der Waals surface area contributed by atoms with Crippen LogP contribution in [0.5, 0.6) is 0 Å². The molecule has 3 aliphatic rings. The van der Waals surface area contributed by atoms with Gasteiger partial charge in [0.05, 0.1) is 10.8 Å². The van der Waals surface area contributed by atoms with Crippen molar-refractivity contribution >= 4 is 33.3 Å². The van der Waals surface area contributed by atoms with Crippen LogP contribution in [0.15, 0.2) is 247 Å². The zero-order chi connectivity index (χ0) is 42.2. The first kappa shape index (κ1) is 36.7. The van der Waals surface area contributed by atoms with Crippen molar-refractivity contribution in [3.8, 4) is 22.3 Å². The molecular weight excluding hydrogens is 775 g/mol. The normalized spacial score (nSPS) is 18.0. The van der Waals surface area contributed by atoms with Crippen molar-refractivity contribution in [3.05, 3.63) is 287 Å². The SMILES string of the molecule is C1=CCCC(N(c2ccc(-c3cccc4c3oc3ccccc34)cc2)c2ccc(C3(c4ccccc4)c4ccccc4C4(c5ccccc5)c5ccccc5-c5cccc3c54)cc2)=C1. The molecule has 302 valence electrons. The molecule has 13 rings (SSSR count). The number of hydrogen-bond donors (Lipinski definition) is 0. The highest BCUT2D eigenvalue weighted by atomic mass is 16.3. The van der Waals surface area contributed by atoms with Gasteiger partial charge in [0.2, 0.25) is 0 Å². The molecule has 0 saturated heterocycles. The predicted octanol–water partition coefficient (Wildman–Crippen LogP) is 15.7. The maximum absolute atomic E-state index is 6.46. The van der Waals surface area contributed by atoms with Crippen LogP contribution >= 0.6 is 0 Å². The third kappa shape index (κ3) is 5.08. The first-order chi connectivity index (χ1) is 31.8. The van der Waals surface area contributed by atoms with E-state index in [0.29, 0.717) is 0 Å². The number of rotatable bonds is 7. The van der Waals surface area contributed by atoms with Crippen LogP contribution in [0.4, 0.5) is 11.4 Å². The molecule has 3 aliphatic carbocycles. The van der Waals surface area contributed by atoms with Crippen LogP contribution in [0.2, 0.25) is 0 Å². The Morgan fingerprint density at radius 2 is 0.953 bits per heavy atom. The standard InChI is InChI=1S/C62H43NO/c1-4-18-43(19-5-1)61(55-30-13-14-31-56(55)62(44-20-6-2-7-21-44)54-29-12-10-24-50(54)52-27-17-32-57(61)59(52)62)45-36-40-48(41-37-45)63(46-22-8-3-9-23-46)47-38-34-42(35-39-47)49-26-16-28-53-51-25-11-15-33-58(51)64-60(49)53/h1-8,10-22,24-41H,9,23H2. The number of anilines is 2. The fraction of sp³-hybridized carbons (Fsp3) is 0.0645. The van der Waals surface area contributed by atoms with E-state index < -0.39 is 10.8 Å². The number of furan rings is 1. The Labute approximate surface area is 373 Å². The quantitative estimate of drug-likeness (QED) is 0.159. The summed E-state index contributed by atoms with van der Waals surface area (Å²) in [6, 6.07) is 81.1. The number of benzene rings is 9. The molecule has 2 atom stereocenters. The van der Waals surface area contributed by atoms with E-state index in [0.717, 1.165) is 57.3 Å². The van der Waals surface area contributed by atoms with Gasteiger partial charge in [-0.3, -0.25) is 0 Å². The average Bonchev–Trinajstić information content (AvgIpc) is 3.91. The summed E-state index contributed by atoms with van der Waals surface area (Å²) in [5, 5.41) is 2.29. The highest BCUT2D eigenvalue weighted by Crippen LogP contribution is 2.65. The van der Waals surface area contributed by atoms with Crippen molar-refractivity contribution in [3.63, 3.8) is 0 Å². The Morgan fingerprint density at radius 1 is 0.406 bits per heavy atom. The van der Waals surface area contributed by atoms with Gasteiger partial charge in [-0.15, -0.1) is 0 Å². The molecule has 9 aromatic carbocycles. The fourth-order valence-electron chi connectivity index (χ4n) is 11.7. The lowest BCUT2D eigenvalue weighted by Crippen LogP contribution is -2.44. The minimum atomic E-state index is -0.598. The third-order valence-electron chi connectivity index (χ3n) is 14.3. The maximum atomic E-state index is 6.46. The number of allylic oxidation sites excluding steroid dienone is 4. The van der Waals surface area contributed by atoms with Gasteiger partial charge < -0.3 is 9.32 Å². The summed E-state index contributed by atoms with van der Waals surface area (Å²) in [7, 11) is 0. The Kier molecular flexibility index (Phi) is 8.20. The number of nitrogens with zero attached hydrogens (tertiary/aromatic N) is 1. The number of para-hydroxylation sites is 2. The molecular formula is C62H43NO. The van der Waals surface area contributed by atoms with Crippen LogP contribution in [-0.2, 0) is 10.8 Å². The number of hydrogen-bond acceptors (Lipinski definition) is 2. The van der Waals surface area contributed by atoms with Crippen LogP contribution < -0.4 is 4.90 Å². The first-order valence-electron chi connectivity index (χ1n) is 22.5. The van der Waals surface area contributed by atoms with E-state index in [4.69, 9.17) is 4.42 Å². The van der Waals surface area contributed by atoms with Crippen molar-refractivity contribution in [2.45, 2.75) is 23.7 Å². The summed E-state index contributed by atoms with van der Waals surface area (Å²) in [6.45, 7) is 0. The van der Waals surface area contributed by atoms with Gasteiger partial charge in [-0.25, -0.2) is 0 Å². The van der Waals surface area contributed by atoms with Crippen molar-refractivity contribution in [1.82, 2.24) is 0 Å². The summed E-state index contributed by atoms with van der Waals surface area (Å²) in [5.41, 5.74) is 19.6. The Bertz CT molecular complexity index is 3490. The van der Waals surface area contributed by atoms with E-state index in [1.165, 1.54) is 61.3 Å². The zero-order valence-corrected chi connectivity index (χ0v) is 35.3. The second-order valence-electron chi connectivity index (χ2n) is 17.4. The summed E-state index contributed by atoms with van der Waals surface area (Å²) in [6.07, 6.45) is 8.70. The molecule has 0 aliphatic heterocycles. The minimum Gasteiger partial charge on any atom is -0.455 e. The van der Waals surface area contributed by atoms with Crippen molar-refractivity contribution in [2.75, 3.05) is 4.90 Å². The van der Waals surface area contributed by atoms with Gasteiger partial charge in [0.1, 0.15) is 11.2 Å². The van der Waals surface area contributed by atoms with E-state index in [9.17, 15) is 0 Å². The lowest BCUT2D eigenvalue weighted by Gasteiger charge is -2.49. The van der Waals surface area contributed by atoms with E-state index in [1.54, 1.807) is 0 Å². The highest BCUT2D eigenvalue weighted by molar-refractivity contribution is 6.09. The Hall–Kier alpha value is -7.94. The lowest BCUT2D eigenvalue weighted by atomic mass is 9.52. The monoisotopic (exact) mass is 817 g/mol. The molecule has 0 radical (unpaired) electrons. The second-order valence-corrected chi connectivity index (χ2v) is 17.4. The molecule has 1 heterocycles. The van der Waals surface area contributed by atoms with Crippen LogP contribution in [-0.4, -0.2) is 0 Å². The molecule has 0 spiro atoms. The van der Waals surface area contributed by atoms with Gasteiger partial charge in [-0.2, -0.15) is 0 Å². The van der Waals surface area contributed by atoms with Crippen LogP contribution in [0.25, 0.3) is 44.2 Å². The molecule has 0 bridgehead atoms. The van der Waals surface area contributed by atoms with Gasteiger partial charge in [-0.05, 0) is 110 Å². The maximum Gasteiger partial charge on any atom is 0.143 e. The van der Waals surface area contributed by atoms with Gasteiger partial charge in [0.25, 0.3) is 0 Å². The van der Waals surface area contributed by atoms with E-state index >= 15 is 0 Å². The smallest absolute Gasteiger partial charge is 0.143 e. The van der Waals surface area contributed by atoms with Crippen molar-refractivity contribution < 1.29 is 4.42 Å². The predicted molar refractivity (Wildman–Crippen MR) is 263 cm³/mol. The molecule has 2 unspecified atom stereocenters. The lowest BCUT2D eigenvalue weighted by molar-refractivity contribution is 0.626. The number of fused-ring (bicyclic) bond motifs is 8. The van der Waals surface area contributed by atoms with Gasteiger partial charge in [0, 0.05) is 33.4 Å². The minimum absolute atomic E-state index is 0.474. The van der Waals surface area contributed by atoms with E-state index in [2.05, 4.69) is 235 Å². The zero-order valence-electron chi connectivity index (χ0n) is 35.3. The molecule has 0 N–H and O–H groups in total. The van der Waals surface area contributed by atoms with Crippen LogP contribution in [0.1, 0.15) is 57.3 Å². The second kappa shape index (κ2) is 14.3. The van der Waals surface area contributed by atoms with Gasteiger partial charge >= 0.3 is 0 Å². The first-order valence-corrected chi connectivity index (χ1v) is 22.5. The van der Waals surface area contributed by atoms with E-state index in [1.807, 2.05) is 6.07 Å². The fourth-order valence-corrected chi connectivity index (χ4v) is 11.7. The van der Waals surface area contributed by atoms with Crippen LogP contribution in [0, 0.1) is 0 Å². The molecule has 10 aromatic rings. The molecule has 64 heavy (non-hydrogen) atoms. The molecule has 1 aromatic heterocycles. The summed E-state index contributed by atoms with van der Waals surface area (Å²) in [4.78, 5) is 2.44. The molecule has 0 fully saturated rings. The molecule has 2 heteroatoms. The molecule has 0 amide bonds. The largest absolute Gasteiger partial charge is 0.455 e. The van der Waals surface area contributed by atoms with Crippen molar-refractivity contribution in [1.29, 1.82) is 0 Å². The Balaban J connectivity index is 0.995. The van der Waals surface area contributed by atoms with Crippen LogP contribution in [0.3, 0.4) is 0 Å². The van der Waals surface area contributed by atoms with Gasteiger partial charge in [0.15, 0.2) is 0 Å². The Morgan fingerprint density at radius 3 is 1.69 bits per heavy atom. The average molecular weight is 818 g/mol. The molecule has 2 nitrogen and oxygen atoms in total. The third-order valence-corrected chi connectivity index (χ3v) is 14.3. The van der Waals surface area contributed by atoms with Gasteiger partial charge in [-0.1, -0.05) is 200 Å². The van der Waals surface area contributed by atoms with Crippen molar-refractivity contribution in [2.24, 2.45) is 0 Å². The topological polar surface area (TPSA) is 16.4 Å². The summed E-state index contributed by atoms with van der Waals surface area (Å²) in [5.74, 6) is 0. The van der Waals surface area contributed by atoms with E-state index in [-0.39, 0.29) is 0 Å². The summed E-state index contributed by atoms with van der Waals surface area (Å²) >= 11 is 0. The summed E-state index contributed by atoms with van der Waals surface area (Å²) < 4.78 is 6.46. The molecule has 0 saturated carbocycles. The highest BCUT2D eigenvalue weighted by Gasteiger charge is 2.57.